The Labute approximate surface area is 107 Å². The minimum absolute atomic E-state index is 0.0798. The van der Waals surface area contributed by atoms with Crippen molar-refractivity contribution in [1.29, 1.82) is 0 Å². The zero-order chi connectivity index (χ0) is 12.5. The number of aliphatic hydroxyl groups excluding tert-OH is 2. The summed E-state index contributed by atoms with van der Waals surface area (Å²) >= 11 is 0. The Bertz CT molecular complexity index is 430. The van der Waals surface area contributed by atoms with Gasteiger partial charge in [-0.05, 0) is 61.8 Å². The van der Waals surface area contributed by atoms with Gasteiger partial charge < -0.3 is 14.9 Å². The van der Waals surface area contributed by atoms with Gasteiger partial charge in [-0.3, -0.25) is 0 Å². The maximum Gasteiger partial charge on any atom is 0.124 e. The van der Waals surface area contributed by atoms with Gasteiger partial charge in [0.2, 0.25) is 0 Å². The number of ether oxygens (including phenoxy) is 1. The smallest absolute Gasteiger partial charge is 0.124 e. The number of hydrogen-bond donors (Lipinski definition) is 2. The summed E-state index contributed by atoms with van der Waals surface area (Å²) < 4.78 is 5.84. The Kier molecular flexibility index (Phi) is 3.27. The minimum atomic E-state index is -0.356. The predicted octanol–water partition coefficient (Wildman–Crippen LogP) is 2.35. The molecule has 0 radical (unpaired) electrons. The average Bonchev–Trinajstić information content (AvgIpc) is 2.76. The summed E-state index contributed by atoms with van der Waals surface area (Å²) in [5.41, 5.74) is 2.24. The molecule has 0 heterocycles. The van der Waals surface area contributed by atoms with Gasteiger partial charge in [0.15, 0.2) is 0 Å². The summed E-state index contributed by atoms with van der Waals surface area (Å²) in [6, 6.07) is 5.96. The molecule has 3 nitrogen and oxygen atoms in total. The van der Waals surface area contributed by atoms with E-state index < -0.39 is 0 Å². The zero-order valence-electron chi connectivity index (χ0n) is 10.5. The van der Waals surface area contributed by atoms with E-state index >= 15 is 0 Å². The summed E-state index contributed by atoms with van der Waals surface area (Å²) in [7, 11) is 0. The second-order valence-corrected chi connectivity index (χ2v) is 5.42. The third-order valence-electron chi connectivity index (χ3n) is 4.11. The highest BCUT2D eigenvalue weighted by Crippen LogP contribution is 2.33. The van der Waals surface area contributed by atoms with Crippen LogP contribution in [-0.4, -0.2) is 22.4 Å². The monoisotopic (exact) mass is 248 g/mol. The molecule has 0 saturated heterocycles. The van der Waals surface area contributed by atoms with Gasteiger partial charge in [-0.2, -0.15) is 0 Å². The molecule has 1 aromatic carbocycles. The topological polar surface area (TPSA) is 49.7 Å². The Morgan fingerprint density at radius 1 is 1.06 bits per heavy atom. The highest BCUT2D eigenvalue weighted by Gasteiger charge is 2.27. The fourth-order valence-electron chi connectivity index (χ4n) is 3.04. The minimum Gasteiger partial charge on any atom is -0.488 e. The van der Waals surface area contributed by atoms with Gasteiger partial charge in [0, 0.05) is 0 Å². The molecule has 98 valence electrons. The molecule has 2 N–H and O–H groups in total. The largest absolute Gasteiger partial charge is 0.488 e. The van der Waals surface area contributed by atoms with Crippen molar-refractivity contribution in [2.75, 3.05) is 0 Å². The van der Waals surface area contributed by atoms with Gasteiger partial charge >= 0.3 is 0 Å². The van der Waals surface area contributed by atoms with Crippen LogP contribution in [0.2, 0.25) is 0 Å². The van der Waals surface area contributed by atoms with Crippen LogP contribution in [0.15, 0.2) is 18.2 Å². The van der Waals surface area contributed by atoms with E-state index in [0.717, 1.165) is 49.8 Å². The van der Waals surface area contributed by atoms with Crippen LogP contribution in [0.5, 0.6) is 5.75 Å². The number of rotatable bonds is 2. The quantitative estimate of drug-likeness (QED) is 0.844. The number of aliphatic hydroxyl groups is 2. The third kappa shape index (κ3) is 2.25. The summed E-state index contributed by atoms with van der Waals surface area (Å²) in [5.74, 6) is 0.778. The molecule has 1 fully saturated rings. The normalized spacial score (nSPS) is 31.1. The summed E-state index contributed by atoms with van der Waals surface area (Å²) in [6.45, 7) is 0. The van der Waals surface area contributed by atoms with Crippen molar-refractivity contribution in [2.45, 2.75) is 56.8 Å². The number of benzene rings is 1. The summed E-state index contributed by atoms with van der Waals surface area (Å²) in [6.07, 6.45) is 4.93. The van der Waals surface area contributed by atoms with E-state index in [9.17, 15) is 10.2 Å². The first-order valence-electron chi connectivity index (χ1n) is 6.89. The lowest BCUT2D eigenvalue weighted by Crippen LogP contribution is -2.25. The van der Waals surface area contributed by atoms with Crippen molar-refractivity contribution in [3.63, 3.8) is 0 Å². The van der Waals surface area contributed by atoms with Crippen LogP contribution in [-0.2, 0) is 6.42 Å². The standard InChI is InChI=1S/C15H20O3/c16-13-4-1-3-10-7-8-11(9-12(10)13)18-15-6-2-5-14(15)17/h7-9,13-17H,1-6H2. The number of fused-ring (bicyclic) bond motifs is 1. The first kappa shape index (κ1) is 12.0. The van der Waals surface area contributed by atoms with Crippen LogP contribution in [0.1, 0.15) is 49.3 Å². The van der Waals surface area contributed by atoms with Crippen molar-refractivity contribution in [3.05, 3.63) is 29.3 Å². The van der Waals surface area contributed by atoms with Crippen molar-refractivity contribution in [3.8, 4) is 5.75 Å². The van der Waals surface area contributed by atoms with E-state index in [1.54, 1.807) is 0 Å². The molecule has 0 amide bonds. The molecule has 2 aliphatic rings. The van der Waals surface area contributed by atoms with Crippen LogP contribution in [0.3, 0.4) is 0 Å². The summed E-state index contributed by atoms with van der Waals surface area (Å²) in [4.78, 5) is 0. The van der Waals surface area contributed by atoms with Gasteiger partial charge in [0.1, 0.15) is 11.9 Å². The molecule has 0 aromatic heterocycles. The number of aryl methyl sites for hydroxylation is 1. The second kappa shape index (κ2) is 4.90. The molecular weight excluding hydrogens is 228 g/mol. The summed E-state index contributed by atoms with van der Waals surface area (Å²) in [5, 5.41) is 19.8. The molecular formula is C15H20O3. The molecule has 3 atom stereocenters. The number of hydrogen-bond acceptors (Lipinski definition) is 3. The van der Waals surface area contributed by atoms with Gasteiger partial charge in [0.05, 0.1) is 12.2 Å². The maximum absolute atomic E-state index is 9.99. The highest BCUT2D eigenvalue weighted by atomic mass is 16.5. The van der Waals surface area contributed by atoms with Crippen LogP contribution >= 0.6 is 0 Å². The van der Waals surface area contributed by atoms with Gasteiger partial charge in [0.25, 0.3) is 0 Å². The SMILES string of the molecule is OC1CCCc2ccc(OC3CCCC3O)cc21. The fraction of sp³-hybridized carbons (Fsp3) is 0.600. The average molecular weight is 248 g/mol. The van der Waals surface area contributed by atoms with E-state index in [4.69, 9.17) is 4.74 Å². The molecule has 0 bridgehead atoms. The van der Waals surface area contributed by atoms with E-state index in [2.05, 4.69) is 0 Å². The van der Waals surface area contributed by atoms with Crippen molar-refractivity contribution >= 4 is 0 Å². The van der Waals surface area contributed by atoms with Crippen LogP contribution in [0.25, 0.3) is 0 Å². The second-order valence-electron chi connectivity index (χ2n) is 5.42. The zero-order valence-corrected chi connectivity index (χ0v) is 10.5. The predicted molar refractivity (Wildman–Crippen MR) is 68.6 cm³/mol. The van der Waals surface area contributed by atoms with Gasteiger partial charge in [-0.15, -0.1) is 0 Å². The van der Waals surface area contributed by atoms with Crippen molar-refractivity contribution in [2.24, 2.45) is 0 Å². The molecule has 2 aliphatic carbocycles. The Hall–Kier alpha value is -1.06. The van der Waals surface area contributed by atoms with E-state index in [-0.39, 0.29) is 18.3 Å². The molecule has 3 unspecified atom stereocenters. The Balaban J connectivity index is 1.79. The lowest BCUT2D eigenvalue weighted by Gasteiger charge is -2.23. The molecule has 3 heteroatoms. The van der Waals surface area contributed by atoms with Gasteiger partial charge in [-0.25, -0.2) is 0 Å². The molecule has 0 spiro atoms. The molecule has 0 aliphatic heterocycles. The fourth-order valence-corrected chi connectivity index (χ4v) is 3.04. The van der Waals surface area contributed by atoms with Crippen LogP contribution < -0.4 is 4.74 Å². The maximum atomic E-state index is 9.99. The molecule has 1 saturated carbocycles. The highest BCUT2D eigenvalue weighted by molar-refractivity contribution is 5.38. The Morgan fingerprint density at radius 3 is 2.72 bits per heavy atom. The Morgan fingerprint density at radius 2 is 1.94 bits per heavy atom. The lowest BCUT2D eigenvalue weighted by molar-refractivity contribution is 0.0600. The lowest BCUT2D eigenvalue weighted by atomic mass is 9.89. The van der Waals surface area contributed by atoms with E-state index in [0.29, 0.717) is 0 Å². The van der Waals surface area contributed by atoms with Gasteiger partial charge in [-0.1, -0.05) is 6.07 Å². The third-order valence-corrected chi connectivity index (χ3v) is 4.11. The van der Waals surface area contributed by atoms with E-state index in [1.165, 1.54) is 5.56 Å². The first-order valence-corrected chi connectivity index (χ1v) is 6.89. The van der Waals surface area contributed by atoms with Crippen molar-refractivity contribution < 1.29 is 14.9 Å². The molecule has 3 rings (SSSR count). The first-order chi connectivity index (χ1) is 8.74. The molecule has 18 heavy (non-hydrogen) atoms. The van der Waals surface area contributed by atoms with E-state index in [1.807, 2.05) is 18.2 Å². The molecule has 1 aromatic rings. The van der Waals surface area contributed by atoms with Crippen molar-refractivity contribution in [1.82, 2.24) is 0 Å². The van der Waals surface area contributed by atoms with Crippen LogP contribution in [0, 0.1) is 0 Å². The van der Waals surface area contributed by atoms with Crippen LogP contribution in [0.4, 0.5) is 0 Å².